The molecule has 6 heteroatoms. The van der Waals surface area contributed by atoms with E-state index in [1.165, 1.54) is 0 Å². The summed E-state index contributed by atoms with van der Waals surface area (Å²) in [5, 5.41) is 20.2. The maximum Gasteiger partial charge on any atom is 0.0964 e. The van der Waals surface area contributed by atoms with Crippen LogP contribution in [0.1, 0.15) is 26.5 Å². The molecule has 0 fully saturated rings. The van der Waals surface area contributed by atoms with Gasteiger partial charge in [-0.25, -0.2) is 4.68 Å². The van der Waals surface area contributed by atoms with Gasteiger partial charge in [-0.2, -0.15) is 0 Å². The van der Waals surface area contributed by atoms with E-state index >= 15 is 0 Å². The molecular formula is C12H24N4O2. The summed E-state index contributed by atoms with van der Waals surface area (Å²) < 4.78 is 7.10. The second-order valence-corrected chi connectivity index (χ2v) is 4.59. The predicted molar refractivity (Wildman–Crippen MR) is 69.1 cm³/mol. The molecule has 0 bridgehead atoms. The van der Waals surface area contributed by atoms with Crippen LogP contribution in [0.3, 0.4) is 0 Å². The third-order valence-electron chi connectivity index (χ3n) is 2.77. The van der Waals surface area contributed by atoms with Crippen molar-refractivity contribution in [2.24, 2.45) is 5.92 Å². The first kappa shape index (κ1) is 15.1. The monoisotopic (exact) mass is 256 g/mol. The number of aliphatic hydroxyl groups is 1. The lowest BCUT2D eigenvalue weighted by molar-refractivity contribution is 0.107. The standard InChI is InChI=1S/C12H24N4O2/c1-4-18-9-12(10(2)3)13-7-11-8-16(5-6-17)15-14-11/h8,10,12-13,17H,4-7,9H2,1-3H3. The number of aliphatic hydroxyl groups excluding tert-OH is 1. The highest BCUT2D eigenvalue weighted by molar-refractivity contribution is 4.92. The summed E-state index contributed by atoms with van der Waals surface area (Å²) in [6, 6.07) is 0.313. The maximum absolute atomic E-state index is 8.80. The Morgan fingerprint density at radius 1 is 1.50 bits per heavy atom. The van der Waals surface area contributed by atoms with E-state index in [-0.39, 0.29) is 6.61 Å². The van der Waals surface area contributed by atoms with Crippen LogP contribution in [0.4, 0.5) is 0 Å². The quantitative estimate of drug-likeness (QED) is 0.670. The number of aromatic nitrogens is 3. The molecule has 104 valence electrons. The van der Waals surface area contributed by atoms with Gasteiger partial charge in [0.25, 0.3) is 0 Å². The number of hydrogen-bond donors (Lipinski definition) is 2. The first-order valence-corrected chi connectivity index (χ1v) is 6.48. The van der Waals surface area contributed by atoms with E-state index in [0.29, 0.717) is 31.7 Å². The summed E-state index contributed by atoms with van der Waals surface area (Å²) in [7, 11) is 0. The highest BCUT2D eigenvalue weighted by atomic mass is 16.5. The topological polar surface area (TPSA) is 72.2 Å². The van der Waals surface area contributed by atoms with E-state index < -0.39 is 0 Å². The first-order chi connectivity index (χ1) is 8.67. The molecule has 0 aromatic carbocycles. The van der Waals surface area contributed by atoms with E-state index in [1.807, 2.05) is 13.1 Å². The summed E-state index contributed by atoms with van der Waals surface area (Å²) in [4.78, 5) is 0. The molecule has 0 aliphatic carbocycles. The molecule has 1 atom stereocenters. The van der Waals surface area contributed by atoms with Crippen molar-refractivity contribution in [1.29, 1.82) is 0 Å². The number of nitrogens with one attached hydrogen (secondary N) is 1. The molecular weight excluding hydrogens is 232 g/mol. The van der Waals surface area contributed by atoms with Crippen molar-refractivity contribution < 1.29 is 9.84 Å². The molecule has 1 aromatic heterocycles. The summed E-state index contributed by atoms with van der Waals surface area (Å²) in [5.41, 5.74) is 0.880. The van der Waals surface area contributed by atoms with Crippen molar-refractivity contribution in [3.63, 3.8) is 0 Å². The fourth-order valence-electron chi connectivity index (χ4n) is 1.60. The van der Waals surface area contributed by atoms with Gasteiger partial charge >= 0.3 is 0 Å². The zero-order valence-electron chi connectivity index (χ0n) is 11.5. The summed E-state index contributed by atoms with van der Waals surface area (Å²) in [6.45, 7) is 9.00. The zero-order chi connectivity index (χ0) is 13.4. The van der Waals surface area contributed by atoms with Crippen LogP contribution in [0.5, 0.6) is 0 Å². The van der Waals surface area contributed by atoms with Crippen molar-refractivity contribution in [3.8, 4) is 0 Å². The Bertz CT molecular complexity index is 328. The van der Waals surface area contributed by atoms with Gasteiger partial charge in [-0.05, 0) is 12.8 Å². The molecule has 2 N–H and O–H groups in total. The fraction of sp³-hybridized carbons (Fsp3) is 0.833. The van der Waals surface area contributed by atoms with Crippen LogP contribution in [0.2, 0.25) is 0 Å². The number of nitrogens with zero attached hydrogens (tertiary/aromatic N) is 3. The van der Waals surface area contributed by atoms with Crippen LogP contribution in [0, 0.1) is 5.92 Å². The van der Waals surface area contributed by atoms with Crippen molar-refractivity contribution in [3.05, 3.63) is 11.9 Å². The lowest BCUT2D eigenvalue weighted by Gasteiger charge is -2.21. The molecule has 1 aromatic rings. The Hall–Kier alpha value is -0.980. The van der Waals surface area contributed by atoms with Crippen molar-refractivity contribution in [1.82, 2.24) is 20.3 Å². The van der Waals surface area contributed by atoms with Gasteiger partial charge in [0.1, 0.15) is 0 Å². The van der Waals surface area contributed by atoms with Gasteiger partial charge in [-0.1, -0.05) is 19.1 Å². The van der Waals surface area contributed by atoms with Crippen LogP contribution in [-0.4, -0.2) is 46.0 Å². The van der Waals surface area contributed by atoms with Crippen molar-refractivity contribution >= 4 is 0 Å². The molecule has 0 saturated heterocycles. The minimum absolute atomic E-state index is 0.0786. The predicted octanol–water partition coefficient (Wildman–Crippen LogP) is 0.421. The third-order valence-corrected chi connectivity index (χ3v) is 2.77. The number of hydrogen-bond acceptors (Lipinski definition) is 5. The molecule has 1 heterocycles. The zero-order valence-corrected chi connectivity index (χ0v) is 11.5. The molecule has 0 amide bonds. The smallest absolute Gasteiger partial charge is 0.0964 e. The third kappa shape index (κ3) is 5.12. The highest BCUT2D eigenvalue weighted by Gasteiger charge is 2.13. The molecule has 0 aliphatic rings. The highest BCUT2D eigenvalue weighted by Crippen LogP contribution is 2.04. The Balaban J connectivity index is 2.40. The van der Waals surface area contributed by atoms with Crippen LogP contribution in [-0.2, 0) is 17.8 Å². The Labute approximate surface area is 108 Å². The molecule has 1 unspecified atom stereocenters. The molecule has 18 heavy (non-hydrogen) atoms. The van der Waals surface area contributed by atoms with Gasteiger partial charge in [-0.3, -0.25) is 0 Å². The lowest BCUT2D eigenvalue weighted by Crippen LogP contribution is -2.37. The molecule has 0 radical (unpaired) electrons. The Morgan fingerprint density at radius 2 is 2.28 bits per heavy atom. The van der Waals surface area contributed by atoms with Crippen molar-refractivity contribution in [2.75, 3.05) is 19.8 Å². The molecule has 0 spiro atoms. The number of rotatable bonds is 9. The average Bonchev–Trinajstić information content (AvgIpc) is 2.77. The number of ether oxygens (including phenoxy) is 1. The largest absolute Gasteiger partial charge is 0.394 e. The average molecular weight is 256 g/mol. The van der Waals surface area contributed by atoms with E-state index in [4.69, 9.17) is 9.84 Å². The van der Waals surface area contributed by atoms with Crippen LogP contribution in [0.25, 0.3) is 0 Å². The normalized spacial score (nSPS) is 13.2. The van der Waals surface area contributed by atoms with Crippen LogP contribution >= 0.6 is 0 Å². The Kier molecular flexibility index (Phi) is 6.85. The fourth-order valence-corrected chi connectivity index (χ4v) is 1.60. The minimum Gasteiger partial charge on any atom is -0.394 e. The summed E-state index contributed by atoms with van der Waals surface area (Å²) in [6.07, 6.45) is 1.85. The van der Waals surface area contributed by atoms with Gasteiger partial charge in [-0.15, -0.1) is 5.10 Å². The van der Waals surface area contributed by atoms with E-state index in [9.17, 15) is 0 Å². The van der Waals surface area contributed by atoms with Gasteiger partial charge < -0.3 is 15.2 Å². The van der Waals surface area contributed by atoms with Gasteiger partial charge in [0.15, 0.2) is 0 Å². The molecule has 0 saturated carbocycles. The summed E-state index contributed by atoms with van der Waals surface area (Å²) in [5.74, 6) is 0.504. The van der Waals surface area contributed by atoms with E-state index in [0.717, 1.165) is 12.3 Å². The first-order valence-electron chi connectivity index (χ1n) is 6.48. The molecule has 1 rings (SSSR count). The lowest BCUT2D eigenvalue weighted by atomic mass is 10.1. The van der Waals surface area contributed by atoms with Gasteiger partial charge in [0.2, 0.25) is 0 Å². The second-order valence-electron chi connectivity index (χ2n) is 4.59. The SMILES string of the molecule is CCOCC(NCc1cn(CCO)nn1)C(C)C. The maximum atomic E-state index is 8.80. The minimum atomic E-state index is 0.0786. The molecule has 6 nitrogen and oxygen atoms in total. The Morgan fingerprint density at radius 3 is 2.89 bits per heavy atom. The van der Waals surface area contributed by atoms with E-state index in [1.54, 1.807) is 4.68 Å². The van der Waals surface area contributed by atoms with Crippen LogP contribution < -0.4 is 5.32 Å². The van der Waals surface area contributed by atoms with Gasteiger partial charge in [0.05, 0.1) is 25.5 Å². The molecule has 0 aliphatic heterocycles. The van der Waals surface area contributed by atoms with Crippen molar-refractivity contribution in [2.45, 2.75) is 39.9 Å². The van der Waals surface area contributed by atoms with E-state index in [2.05, 4.69) is 29.5 Å². The van der Waals surface area contributed by atoms with Gasteiger partial charge in [0, 0.05) is 25.4 Å². The summed E-state index contributed by atoms with van der Waals surface area (Å²) >= 11 is 0. The second kappa shape index (κ2) is 8.18. The van der Waals surface area contributed by atoms with Crippen LogP contribution in [0.15, 0.2) is 6.20 Å².